The van der Waals surface area contributed by atoms with E-state index in [2.05, 4.69) is 25.7 Å². The van der Waals surface area contributed by atoms with Gasteiger partial charge in [0.15, 0.2) is 0 Å². The molecule has 1 aliphatic heterocycles. The highest BCUT2D eigenvalue weighted by Gasteiger charge is 2.30. The number of amidine groups is 1. The molecule has 3 heteroatoms. The summed E-state index contributed by atoms with van der Waals surface area (Å²) in [6.07, 6.45) is 2.23. The summed E-state index contributed by atoms with van der Waals surface area (Å²) in [5.41, 5.74) is 1.83. The summed E-state index contributed by atoms with van der Waals surface area (Å²) >= 11 is 0. The van der Waals surface area contributed by atoms with Crippen molar-refractivity contribution in [2.24, 2.45) is 5.92 Å². The summed E-state index contributed by atoms with van der Waals surface area (Å²) in [6.45, 7) is 7.30. The third kappa shape index (κ3) is 2.14. The van der Waals surface area contributed by atoms with Crippen molar-refractivity contribution in [3.05, 3.63) is 35.1 Å². The number of benzene rings is 1. The number of halogens is 1. The van der Waals surface area contributed by atoms with Gasteiger partial charge in [-0.2, -0.15) is 0 Å². The fourth-order valence-electron chi connectivity index (χ4n) is 2.90. The third-order valence-electron chi connectivity index (χ3n) is 4.18. The number of hydrogen-bond donors (Lipinski definition) is 1. The Morgan fingerprint density at radius 2 is 2.00 bits per heavy atom. The van der Waals surface area contributed by atoms with Crippen LogP contribution in [0.15, 0.2) is 18.2 Å². The van der Waals surface area contributed by atoms with Gasteiger partial charge in [0.2, 0.25) is 0 Å². The molecule has 1 unspecified atom stereocenters. The summed E-state index contributed by atoms with van der Waals surface area (Å²) in [7, 11) is 0. The maximum absolute atomic E-state index is 13.2. The van der Waals surface area contributed by atoms with E-state index in [1.165, 1.54) is 12.1 Å². The molecule has 0 saturated carbocycles. The van der Waals surface area contributed by atoms with Crippen molar-refractivity contribution in [1.82, 2.24) is 4.90 Å². The molecule has 1 aromatic carbocycles. The van der Waals surface area contributed by atoms with Crippen molar-refractivity contribution < 1.29 is 4.39 Å². The zero-order valence-electron chi connectivity index (χ0n) is 11.3. The van der Waals surface area contributed by atoms with Gasteiger partial charge in [-0.25, -0.2) is 4.39 Å². The zero-order chi connectivity index (χ0) is 13.3. The zero-order valence-corrected chi connectivity index (χ0v) is 11.3. The van der Waals surface area contributed by atoms with Crippen molar-refractivity contribution in [1.29, 1.82) is 5.41 Å². The van der Waals surface area contributed by atoms with Crippen molar-refractivity contribution in [2.45, 2.75) is 46.2 Å². The minimum atomic E-state index is -0.254. The molecule has 0 radical (unpaired) electrons. The van der Waals surface area contributed by atoms with Crippen LogP contribution in [0, 0.1) is 17.1 Å². The van der Waals surface area contributed by atoms with Crippen LogP contribution >= 0.6 is 0 Å². The van der Waals surface area contributed by atoms with E-state index < -0.39 is 0 Å². The lowest BCUT2D eigenvalue weighted by Gasteiger charge is -2.32. The molecule has 0 saturated heterocycles. The van der Waals surface area contributed by atoms with Gasteiger partial charge < -0.3 is 4.90 Å². The Balaban J connectivity index is 2.23. The summed E-state index contributed by atoms with van der Waals surface area (Å²) in [5.74, 6) is 0.809. The number of nitrogens with zero attached hydrogens (tertiary/aromatic N) is 1. The molecule has 1 aliphatic rings. The summed E-state index contributed by atoms with van der Waals surface area (Å²) in [5, 5.41) is 8.22. The van der Waals surface area contributed by atoms with E-state index >= 15 is 0 Å². The first kappa shape index (κ1) is 13.1. The Morgan fingerprint density at radius 1 is 1.33 bits per heavy atom. The summed E-state index contributed by atoms with van der Waals surface area (Å²) in [4.78, 5) is 2.10. The Labute approximate surface area is 108 Å². The van der Waals surface area contributed by atoms with E-state index in [4.69, 9.17) is 5.41 Å². The van der Waals surface area contributed by atoms with Gasteiger partial charge in [-0.3, -0.25) is 5.41 Å². The number of hydrogen-bond acceptors (Lipinski definition) is 1. The molecule has 0 fully saturated rings. The standard InChI is InChI=1S/C15H21FN2/c1-4-11(5-2)10(3)18-9-12-6-7-13(16)8-14(12)15(18)17/h6-8,10-11,17H,4-5,9H2,1-3H3. The van der Waals surface area contributed by atoms with Gasteiger partial charge in [-0.1, -0.05) is 32.8 Å². The minimum absolute atomic E-state index is 0.254. The van der Waals surface area contributed by atoms with Crippen LogP contribution in [0.25, 0.3) is 0 Å². The largest absolute Gasteiger partial charge is 0.349 e. The predicted octanol–water partition coefficient (Wildman–Crippen LogP) is 3.79. The average Bonchev–Trinajstić information content (AvgIpc) is 2.68. The molecule has 0 aromatic heterocycles. The SMILES string of the molecule is CCC(CC)C(C)N1Cc2ccc(F)cc2C1=N. The Kier molecular flexibility index (Phi) is 3.69. The topological polar surface area (TPSA) is 27.1 Å². The van der Waals surface area contributed by atoms with Crippen molar-refractivity contribution in [2.75, 3.05) is 0 Å². The lowest BCUT2D eigenvalue weighted by molar-refractivity contribution is 0.232. The van der Waals surface area contributed by atoms with E-state index in [9.17, 15) is 4.39 Å². The van der Waals surface area contributed by atoms with E-state index in [-0.39, 0.29) is 5.82 Å². The molecule has 98 valence electrons. The molecule has 1 heterocycles. The lowest BCUT2D eigenvalue weighted by atomic mass is 9.94. The van der Waals surface area contributed by atoms with Crippen LogP contribution in [0.5, 0.6) is 0 Å². The second-order valence-electron chi connectivity index (χ2n) is 5.10. The van der Waals surface area contributed by atoms with Gasteiger partial charge >= 0.3 is 0 Å². The molecule has 1 N–H and O–H groups in total. The first-order chi connectivity index (χ1) is 8.58. The monoisotopic (exact) mass is 248 g/mol. The fraction of sp³-hybridized carbons (Fsp3) is 0.533. The highest BCUT2D eigenvalue weighted by atomic mass is 19.1. The van der Waals surface area contributed by atoms with Crippen molar-refractivity contribution >= 4 is 5.84 Å². The van der Waals surface area contributed by atoms with Gasteiger partial charge in [0.05, 0.1) is 0 Å². The van der Waals surface area contributed by atoms with Crippen LogP contribution in [-0.2, 0) is 6.54 Å². The number of rotatable bonds is 4. The maximum Gasteiger partial charge on any atom is 0.129 e. The van der Waals surface area contributed by atoms with Crippen LogP contribution in [0.2, 0.25) is 0 Å². The van der Waals surface area contributed by atoms with Crippen LogP contribution in [0.3, 0.4) is 0 Å². The van der Waals surface area contributed by atoms with Gasteiger partial charge in [0, 0.05) is 18.2 Å². The molecule has 18 heavy (non-hydrogen) atoms. The molecule has 0 bridgehead atoms. The van der Waals surface area contributed by atoms with Crippen LogP contribution in [0.1, 0.15) is 44.7 Å². The first-order valence-electron chi connectivity index (χ1n) is 6.72. The summed E-state index contributed by atoms with van der Waals surface area (Å²) in [6, 6.07) is 5.11. The van der Waals surface area contributed by atoms with Crippen LogP contribution < -0.4 is 0 Å². The average molecular weight is 248 g/mol. The molecule has 0 amide bonds. The molecule has 2 rings (SSSR count). The molecule has 1 aromatic rings. The number of nitrogens with one attached hydrogen (secondary N) is 1. The second-order valence-corrected chi connectivity index (χ2v) is 5.10. The van der Waals surface area contributed by atoms with Crippen LogP contribution in [-0.4, -0.2) is 16.8 Å². The van der Waals surface area contributed by atoms with Crippen molar-refractivity contribution in [3.63, 3.8) is 0 Å². The molecule has 0 spiro atoms. The molecular weight excluding hydrogens is 227 g/mol. The van der Waals surface area contributed by atoms with E-state index in [1.54, 1.807) is 6.07 Å². The lowest BCUT2D eigenvalue weighted by Crippen LogP contribution is -2.38. The maximum atomic E-state index is 13.2. The fourth-order valence-corrected chi connectivity index (χ4v) is 2.90. The van der Waals surface area contributed by atoms with E-state index in [0.717, 1.165) is 30.5 Å². The first-order valence-corrected chi connectivity index (χ1v) is 6.72. The third-order valence-corrected chi connectivity index (χ3v) is 4.18. The number of fused-ring (bicyclic) bond motifs is 1. The van der Waals surface area contributed by atoms with Gasteiger partial charge in [0.1, 0.15) is 11.7 Å². The van der Waals surface area contributed by atoms with Gasteiger partial charge in [-0.15, -0.1) is 0 Å². The van der Waals surface area contributed by atoms with Gasteiger partial charge in [-0.05, 0) is 30.5 Å². The van der Waals surface area contributed by atoms with Gasteiger partial charge in [0.25, 0.3) is 0 Å². The summed E-state index contributed by atoms with van der Waals surface area (Å²) < 4.78 is 13.2. The predicted molar refractivity (Wildman–Crippen MR) is 72.3 cm³/mol. The molecular formula is C15H21FN2. The molecule has 0 aliphatic carbocycles. The normalized spacial score (nSPS) is 16.3. The minimum Gasteiger partial charge on any atom is -0.349 e. The van der Waals surface area contributed by atoms with Crippen LogP contribution in [0.4, 0.5) is 4.39 Å². The quantitative estimate of drug-likeness (QED) is 0.862. The molecule has 2 nitrogen and oxygen atoms in total. The highest BCUT2D eigenvalue weighted by molar-refractivity contribution is 6.00. The van der Waals surface area contributed by atoms with E-state index in [0.29, 0.717) is 17.8 Å². The Morgan fingerprint density at radius 3 is 2.61 bits per heavy atom. The Hall–Kier alpha value is -1.38. The second kappa shape index (κ2) is 5.09. The van der Waals surface area contributed by atoms with Crippen molar-refractivity contribution in [3.8, 4) is 0 Å². The molecule has 1 atom stereocenters. The smallest absolute Gasteiger partial charge is 0.129 e. The Bertz CT molecular complexity index is 452. The highest BCUT2D eigenvalue weighted by Crippen LogP contribution is 2.29. The van der Waals surface area contributed by atoms with E-state index in [1.807, 2.05) is 0 Å².